The second-order valence-electron chi connectivity index (χ2n) is 5.30. The lowest BCUT2D eigenvalue weighted by Gasteiger charge is -2.17. The van der Waals surface area contributed by atoms with Crippen LogP contribution >= 0.6 is 0 Å². The number of H-pyrrole nitrogens is 1. The Morgan fingerprint density at radius 2 is 2.12 bits per heavy atom. The summed E-state index contributed by atoms with van der Waals surface area (Å²) in [5, 5.41) is 19.1. The Balaban J connectivity index is 1.86. The summed E-state index contributed by atoms with van der Waals surface area (Å²) in [6.45, 7) is 3.04. The molecular weight excluding hydrogens is 308 g/mol. The molecule has 1 aliphatic rings. The predicted molar refractivity (Wildman–Crippen MR) is 85.8 cm³/mol. The maximum atomic E-state index is 12.5. The Hall–Kier alpha value is -3.34. The van der Waals surface area contributed by atoms with Crippen molar-refractivity contribution in [3.63, 3.8) is 0 Å². The standard InChI is InChI=1S/C16H16N6O2/c1-2-18-16(24)21-8-12-13(9-21)19-20-14(12)22(10-17)15(23)11-6-4-3-5-7-11/h3-7H,2,8-9H2,1H3,(H,18,24)(H,19,20). The molecule has 0 saturated heterocycles. The van der Waals surface area contributed by atoms with Gasteiger partial charge in [0.25, 0.3) is 5.91 Å². The van der Waals surface area contributed by atoms with Gasteiger partial charge in [0.2, 0.25) is 0 Å². The molecular formula is C16H16N6O2. The van der Waals surface area contributed by atoms with E-state index in [9.17, 15) is 14.9 Å². The van der Waals surface area contributed by atoms with E-state index in [1.165, 1.54) is 0 Å². The van der Waals surface area contributed by atoms with Crippen molar-refractivity contribution in [3.05, 3.63) is 47.2 Å². The van der Waals surface area contributed by atoms with Gasteiger partial charge < -0.3 is 10.2 Å². The van der Waals surface area contributed by atoms with E-state index in [0.717, 1.165) is 10.6 Å². The first-order valence-electron chi connectivity index (χ1n) is 7.53. The molecule has 0 aliphatic carbocycles. The Kier molecular flexibility index (Phi) is 4.16. The zero-order chi connectivity index (χ0) is 17.1. The van der Waals surface area contributed by atoms with Gasteiger partial charge in [-0.15, -0.1) is 0 Å². The van der Waals surface area contributed by atoms with Gasteiger partial charge in [-0.1, -0.05) is 18.2 Å². The van der Waals surface area contributed by atoms with E-state index >= 15 is 0 Å². The molecule has 0 spiro atoms. The lowest BCUT2D eigenvalue weighted by atomic mass is 10.2. The largest absolute Gasteiger partial charge is 0.338 e. The number of carbonyl (C=O) groups is 2. The minimum atomic E-state index is -0.455. The minimum Gasteiger partial charge on any atom is -0.338 e. The van der Waals surface area contributed by atoms with E-state index in [4.69, 9.17) is 0 Å². The van der Waals surface area contributed by atoms with E-state index < -0.39 is 5.91 Å². The van der Waals surface area contributed by atoms with Crippen LogP contribution in [0.3, 0.4) is 0 Å². The van der Waals surface area contributed by atoms with Crippen molar-refractivity contribution in [1.82, 2.24) is 20.4 Å². The SMILES string of the molecule is CCNC(=O)N1Cc2[nH]nc(N(C#N)C(=O)c3ccccc3)c2C1. The monoisotopic (exact) mass is 324 g/mol. The van der Waals surface area contributed by atoms with Crippen molar-refractivity contribution in [3.8, 4) is 6.19 Å². The van der Waals surface area contributed by atoms with Crippen molar-refractivity contribution in [2.45, 2.75) is 20.0 Å². The van der Waals surface area contributed by atoms with Crippen LogP contribution in [0.5, 0.6) is 0 Å². The molecule has 0 fully saturated rings. The number of nitrogens with one attached hydrogen (secondary N) is 2. The average Bonchev–Trinajstić information content (AvgIpc) is 3.18. The number of nitriles is 1. The molecule has 3 amide bonds. The Labute approximate surface area is 138 Å². The number of amides is 3. The van der Waals surface area contributed by atoms with Crippen LogP contribution in [0, 0.1) is 11.5 Å². The van der Waals surface area contributed by atoms with Crippen molar-refractivity contribution < 1.29 is 9.59 Å². The number of aromatic amines is 1. The zero-order valence-electron chi connectivity index (χ0n) is 13.1. The molecule has 24 heavy (non-hydrogen) atoms. The highest BCUT2D eigenvalue weighted by Crippen LogP contribution is 2.30. The van der Waals surface area contributed by atoms with E-state index in [1.807, 2.05) is 13.1 Å². The molecule has 3 rings (SSSR count). The Morgan fingerprint density at radius 3 is 2.79 bits per heavy atom. The van der Waals surface area contributed by atoms with Gasteiger partial charge in [-0.05, 0) is 19.1 Å². The van der Waals surface area contributed by atoms with E-state index in [-0.39, 0.29) is 11.8 Å². The molecule has 2 aromatic rings. The summed E-state index contributed by atoms with van der Waals surface area (Å²) in [5.41, 5.74) is 1.82. The van der Waals surface area contributed by atoms with Crippen LogP contribution in [0.2, 0.25) is 0 Å². The number of anilines is 1. The minimum absolute atomic E-state index is 0.189. The van der Waals surface area contributed by atoms with Gasteiger partial charge in [-0.3, -0.25) is 9.89 Å². The molecule has 2 N–H and O–H groups in total. The molecule has 1 aromatic carbocycles. The third kappa shape index (κ3) is 2.67. The lowest BCUT2D eigenvalue weighted by Crippen LogP contribution is -2.36. The smallest absolute Gasteiger partial charge is 0.318 e. The molecule has 1 aromatic heterocycles. The quantitative estimate of drug-likeness (QED) is 0.660. The number of hydrogen-bond acceptors (Lipinski definition) is 4. The van der Waals surface area contributed by atoms with Crippen LogP contribution in [0.4, 0.5) is 10.6 Å². The maximum Gasteiger partial charge on any atom is 0.318 e. The average molecular weight is 324 g/mol. The third-order valence-electron chi connectivity index (χ3n) is 3.78. The molecule has 0 saturated carbocycles. The molecule has 122 valence electrons. The predicted octanol–water partition coefficient (Wildman–Crippen LogP) is 1.58. The number of nitrogens with zero attached hydrogens (tertiary/aromatic N) is 4. The van der Waals surface area contributed by atoms with Crippen LogP contribution < -0.4 is 10.2 Å². The van der Waals surface area contributed by atoms with Gasteiger partial charge in [0.05, 0.1) is 18.8 Å². The first-order chi connectivity index (χ1) is 11.7. The number of fused-ring (bicyclic) bond motifs is 1. The highest BCUT2D eigenvalue weighted by atomic mass is 16.2. The molecule has 2 heterocycles. The van der Waals surface area contributed by atoms with Crippen molar-refractivity contribution in [1.29, 1.82) is 5.26 Å². The van der Waals surface area contributed by atoms with Gasteiger partial charge in [-0.2, -0.15) is 15.3 Å². The molecule has 0 unspecified atom stereocenters. The molecule has 0 radical (unpaired) electrons. The fourth-order valence-corrected chi connectivity index (χ4v) is 2.62. The summed E-state index contributed by atoms with van der Waals surface area (Å²) in [4.78, 5) is 27.0. The van der Waals surface area contributed by atoms with Crippen LogP contribution in [-0.4, -0.2) is 33.6 Å². The highest BCUT2D eigenvalue weighted by molar-refractivity contribution is 6.07. The second-order valence-corrected chi connectivity index (χ2v) is 5.30. The maximum absolute atomic E-state index is 12.5. The summed E-state index contributed by atoms with van der Waals surface area (Å²) >= 11 is 0. The first-order valence-corrected chi connectivity index (χ1v) is 7.53. The fourth-order valence-electron chi connectivity index (χ4n) is 2.62. The lowest BCUT2D eigenvalue weighted by molar-refractivity contribution is 0.0998. The number of rotatable bonds is 3. The summed E-state index contributed by atoms with van der Waals surface area (Å²) in [6, 6.07) is 8.35. The summed E-state index contributed by atoms with van der Waals surface area (Å²) in [5.74, 6) is -0.211. The second kappa shape index (κ2) is 6.42. The van der Waals surface area contributed by atoms with Gasteiger partial charge in [-0.25, -0.2) is 4.79 Å². The normalized spacial score (nSPS) is 12.4. The highest BCUT2D eigenvalue weighted by Gasteiger charge is 2.32. The summed E-state index contributed by atoms with van der Waals surface area (Å²) in [7, 11) is 0. The number of urea groups is 1. The van der Waals surface area contributed by atoms with Gasteiger partial charge in [0.1, 0.15) is 0 Å². The van der Waals surface area contributed by atoms with Gasteiger partial charge >= 0.3 is 6.03 Å². The Bertz CT molecular complexity index is 808. The number of hydrogen-bond donors (Lipinski definition) is 2. The molecule has 0 bridgehead atoms. The molecule has 0 atom stereocenters. The topological polar surface area (TPSA) is 105 Å². The van der Waals surface area contributed by atoms with Gasteiger partial charge in [0, 0.05) is 17.7 Å². The Morgan fingerprint density at radius 1 is 1.38 bits per heavy atom. The van der Waals surface area contributed by atoms with E-state index in [1.54, 1.807) is 35.2 Å². The molecule has 8 nitrogen and oxygen atoms in total. The number of aromatic nitrogens is 2. The molecule has 1 aliphatic heterocycles. The molecule has 8 heteroatoms. The van der Waals surface area contributed by atoms with Crippen LogP contribution in [-0.2, 0) is 13.1 Å². The van der Waals surface area contributed by atoms with Crippen molar-refractivity contribution >= 4 is 17.8 Å². The zero-order valence-corrected chi connectivity index (χ0v) is 13.1. The van der Waals surface area contributed by atoms with Crippen LogP contribution in [0.1, 0.15) is 28.5 Å². The summed E-state index contributed by atoms with van der Waals surface area (Å²) in [6.07, 6.45) is 1.88. The fraction of sp³-hybridized carbons (Fsp3) is 0.250. The number of benzene rings is 1. The van der Waals surface area contributed by atoms with Crippen LogP contribution in [0.15, 0.2) is 30.3 Å². The first kappa shape index (κ1) is 15.6. The third-order valence-corrected chi connectivity index (χ3v) is 3.78. The van der Waals surface area contributed by atoms with Crippen molar-refractivity contribution in [2.75, 3.05) is 11.4 Å². The summed E-state index contributed by atoms with van der Waals surface area (Å²) < 4.78 is 0. The van der Waals surface area contributed by atoms with E-state index in [2.05, 4.69) is 15.5 Å². The van der Waals surface area contributed by atoms with Crippen molar-refractivity contribution in [2.24, 2.45) is 0 Å². The van der Waals surface area contributed by atoms with Crippen LogP contribution in [0.25, 0.3) is 0 Å². The van der Waals surface area contributed by atoms with Gasteiger partial charge in [0.15, 0.2) is 12.0 Å². The van der Waals surface area contributed by atoms with E-state index in [0.29, 0.717) is 30.8 Å². The number of carbonyl (C=O) groups excluding carboxylic acids is 2.